The number of guanidine groups is 1. The molecule has 0 amide bonds. The normalized spacial score (nSPS) is 24.9. The van der Waals surface area contributed by atoms with Crippen molar-refractivity contribution < 1.29 is 17.9 Å². The first-order chi connectivity index (χ1) is 11.9. The molecule has 2 aliphatic heterocycles. The molecule has 0 saturated carbocycles. The van der Waals surface area contributed by atoms with Crippen LogP contribution in [0, 0.1) is 11.8 Å². The summed E-state index contributed by atoms with van der Waals surface area (Å²) in [5.41, 5.74) is 0. The molecule has 2 aliphatic rings. The molecule has 1 N–H and O–H groups in total. The van der Waals surface area contributed by atoms with Gasteiger partial charge in [-0.1, -0.05) is 6.92 Å². The number of halogens is 1. The molecule has 2 fully saturated rings. The lowest BCUT2D eigenvalue weighted by atomic mass is 9.99. The molecule has 2 rings (SSSR count). The third kappa shape index (κ3) is 6.13. The van der Waals surface area contributed by atoms with Gasteiger partial charge in [-0.05, 0) is 5.92 Å². The second kappa shape index (κ2) is 10.9. The van der Waals surface area contributed by atoms with E-state index >= 15 is 0 Å². The highest BCUT2D eigenvalue weighted by molar-refractivity contribution is 14.0. The maximum absolute atomic E-state index is 12.4. The van der Waals surface area contributed by atoms with Gasteiger partial charge in [0.25, 0.3) is 0 Å². The lowest BCUT2D eigenvalue weighted by Gasteiger charge is -2.26. The summed E-state index contributed by atoms with van der Waals surface area (Å²) < 4.78 is 31.2. The van der Waals surface area contributed by atoms with E-state index in [4.69, 9.17) is 4.74 Å². The Morgan fingerprint density at radius 1 is 1.31 bits per heavy atom. The summed E-state index contributed by atoms with van der Waals surface area (Å²) in [6, 6.07) is 0. The zero-order chi connectivity index (χ0) is 18.4. The van der Waals surface area contributed by atoms with Crippen LogP contribution in [-0.2, 0) is 19.6 Å². The van der Waals surface area contributed by atoms with Gasteiger partial charge in [0.1, 0.15) is 0 Å². The van der Waals surface area contributed by atoms with Crippen molar-refractivity contribution in [1.82, 2.24) is 14.5 Å². The number of sulfonamides is 1. The number of likely N-dealkylation sites (tertiary alicyclic amines) is 1. The van der Waals surface area contributed by atoms with E-state index in [0.717, 1.165) is 11.5 Å². The Labute approximate surface area is 177 Å². The van der Waals surface area contributed by atoms with Crippen LogP contribution in [0.15, 0.2) is 4.99 Å². The molecule has 0 aromatic carbocycles. The Balaban J connectivity index is 0.00000338. The van der Waals surface area contributed by atoms with Gasteiger partial charge >= 0.3 is 5.97 Å². The Hall–Kier alpha value is -0.270. The third-order valence-electron chi connectivity index (χ3n) is 4.63. The quantitative estimate of drug-likeness (QED) is 0.241. The topological polar surface area (TPSA) is 91.3 Å². The second-order valence-electron chi connectivity index (χ2n) is 6.31. The number of aliphatic imine (C=N–C) groups is 1. The van der Waals surface area contributed by atoms with Gasteiger partial charge in [0.2, 0.25) is 10.0 Å². The van der Waals surface area contributed by atoms with Gasteiger partial charge in [0.05, 0.1) is 18.8 Å². The number of esters is 1. The second-order valence-corrected chi connectivity index (χ2v) is 9.63. The SMILES string of the molecule is CN=C(NCCS(=O)(=O)N1CCSCC1)N1CC(C)C(C(=O)OC)C1.I. The van der Waals surface area contributed by atoms with Gasteiger partial charge in [-0.25, -0.2) is 12.7 Å². The number of hydrogen-bond donors (Lipinski definition) is 1. The first-order valence-electron chi connectivity index (χ1n) is 8.48. The molecule has 26 heavy (non-hydrogen) atoms. The molecule has 0 spiro atoms. The zero-order valence-corrected chi connectivity index (χ0v) is 19.5. The van der Waals surface area contributed by atoms with Crippen molar-refractivity contribution >= 4 is 57.7 Å². The molecule has 0 aliphatic carbocycles. The molecular weight excluding hydrogens is 491 g/mol. The van der Waals surface area contributed by atoms with Crippen molar-refractivity contribution in [3.63, 3.8) is 0 Å². The number of carbonyl (C=O) groups is 1. The van der Waals surface area contributed by atoms with Gasteiger partial charge < -0.3 is 15.0 Å². The molecule has 2 heterocycles. The Morgan fingerprint density at radius 3 is 2.54 bits per heavy atom. The van der Waals surface area contributed by atoms with Crippen molar-refractivity contribution in [2.45, 2.75) is 6.92 Å². The summed E-state index contributed by atoms with van der Waals surface area (Å²) in [5, 5.41) is 3.12. The smallest absolute Gasteiger partial charge is 0.310 e. The number of methoxy groups -OCH3 is 1. The number of ether oxygens (including phenoxy) is 1. The van der Waals surface area contributed by atoms with E-state index in [2.05, 4.69) is 10.3 Å². The van der Waals surface area contributed by atoms with E-state index in [-0.39, 0.29) is 47.5 Å². The van der Waals surface area contributed by atoms with E-state index in [1.165, 1.54) is 7.11 Å². The zero-order valence-electron chi connectivity index (χ0n) is 15.5. The fraction of sp³-hybridized carbons (Fsp3) is 0.867. The largest absolute Gasteiger partial charge is 0.469 e. The molecule has 0 aromatic heterocycles. The summed E-state index contributed by atoms with van der Waals surface area (Å²) in [6.45, 7) is 4.71. The van der Waals surface area contributed by atoms with Crippen molar-refractivity contribution in [2.24, 2.45) is 16.8 Å². The van der Waals surface area contributed by atoms with Crippen molar-refractivity contribution in [1.29, 1.82) is 0 Å². The molecule has 2 saturated heterocycles. The van der Waals surface area contributed by atoms with Gasteiger partial charge in [-0.15, -0.1) is 24.0 Å². The van der Waals surface area contributed by atoms with Crippen LogP contribution in [0.1, 0.15) is 6.92 Å². The molecule has 2 atom stereocenters. The summed E-state index contributed by atoms with van der Waals surface area (Å²) >= 11 is 1.78. The lowest BCUT2D eigenvalue weighted by molar-refractivity contribution is -0.145. The predicted molar refractivity (Wildman–Crippen MR) is 116 cm³/mol. The Morgan fingerprint density at radius 2 is 1.96 bits per heavy atom. The summed E-state index contributed by atoms with van der Waals surface area (Å²) in [5.74, 6) is 2.15. The maximum atomic E-state index is 12.4. The average Bonchev–Trinajstić information content (AvgIpc) is 3.00. The van der Waals surface area contributed by atoms with E-state index < -0.39 is 10.0 Å². The lowest BCUT2D eigenvalue weighted by Crippen LogP contribution is -2.45. The van der Waals surface area contributed by atoms with Crippen LogP contribution in [0.4, 0.5) is 0 Å². The summed E-state index contributed by atoms with van der Waals surface area (Å²) in [4.78, 5) is 18.0. The third-order valence-corrected chi connectivity index (χ3v) is 7.45. The van der Waals surface area contributed by atoms with Gasteiger partial charge in [-0.3, -0.25) is 9.79 Å². The molecule has 11 heteroatoms. The van der Waals surface area contributed by atoms with E-state index in [1.807, 2.05) is 11.8 Å². The molecule has 0 radical (unpaired) electrons. The van der Waals surface area contributed by atoms with Crippen LogP contribution in [0.2, 0.25) is 0 Å². The van der Waals surface area contributed by atoms with Gasteiger partial charge in [0, 0.05) is 51.3 Å². The summed E-state index contributed by atoms with van der Waals surface area (Å²) in [6.07, 6.45) is 0. The number of thioether (sulfide) groups is 1. The van der Waals surface area contributed by atoms with Crippen LogP contribution < -0.4 is 5.32 Å². The van der Waals surface area contributed by atoms with Crippen LogP contribution in [0.3, 0.4) is 0 Å². The number of nitrogens with zero attached hydrogens (tertiary/aromatic N) is 3. The first-order valence-corrected chi connectivity index (χ1v) is 11.2. The maximum Gasteiger partial charge on any atom is 0.310 e. The fourth-order valence-corrected chi connectivity index (χ4v) is 5.67. The predicted octanol–water partition coefficient (Wildman–Crippen LogP) is 0.299. The Bertz CT molecular complexity index is 596. The fourth-order valence-electron chi connectivity index (χ4n) is 3.18. The van der Waals surface area contributed by atoms with Gasteiger partial charge in [-0.2, -0.15) is 11.8 Å². The van der Waals surface area contributed by atoms with Crippen molar-refractivity contribution in [2.75, 3.05) is 64.1 Å². The number of nitrogens with one attached hydrogen (secondary N) is 1. The standard InChI is InChI=1S/C15H28N4O4S2.HI/c1-12-10-18(11-13(12)14(20)23-3)15(16-2)17-4-9-25(21,22)19-5-7-24-8-6-19;/h12-13H,4-11H2,1-3H3,(H,16,17);1H. The van der Waals surface area contributed by atoms with Crippen LogP contribution in [0.25, 0.3) is 0 Å². The summed E-state index contributed by atoms with van der Waals surface area (Å²) in [7, 11) is -0.181. The minimum atomic E-state index is -3.24. The van der Waals surface area contributed by atoms with Gasteiger partial charge in [0.15, 0.2) is 5.96 Å². The number of hydrogen-bond acceptors (Lipinski definition) is 6. The van der Waals surface area contributed by atoms with E-state index in [9.17, 15) is 13.2 Å². The molecular formula is C15H29IN4O4S2. The Kier molecular flexibility index (Phi) is 9.97. The first kappa shape index (κ1) is 23.8. The minimum absolute atomic E-state index is 0. The molecule has 0 bridgehead atoms. The van der Waals surface area contributed by atoms with Crippen LogP contribution >= 0.6 is 35.7 Å². The van der Waals surface area contributed by atoms with Crippen molar-refractivity contribution in [3.8, 4) is 0 Å². The molecule has 0 aromatic rings. The highest BCUT2D eigenvalue weighted by Gasteiger charge is 2.37. The van der Waals surface area contributed by atoms with Crippen LogP contribution in [0.5, 0.6) is 0 Å². The highest BCUT2D eigenvalue weighted by atomic mass is 127. The van der Waals surface area contributed by atoms with Crippen molar-refractivity contribution in [3.05, 3.63) is 0 Å². The monoisotopic (exact) mass is 520 g/mol. The number of rotatable bonds is 5. The average molecular weight is 520 g/mol. The van der Waals surface area contributed by atoms with E-state index in [1.54, 1.807) is 23.1 Å². The minimum Gasteiger partial charge on any atom is -0.469 e. The van der Waals surface area contributed by atoms with Crippen LogP contribution in [-0.4, -0.2) is 93.7 Å². The molecule has 152 valence electrons. The molecule has 2 unspecified atom stereocenters. The highest BCUT2D eigenvalue weighted by Crippen LogP contribution is 2.24. The van der Waals surface area contributed by atoms with E-state index in [0.29, 0.717) is 38.7 Å². The number of carbonyl (C=O) groups excluding carboxylic acids is 1. The molecule has 8 nitrogen and oxygen atoms in total.